The van der Waals surface area contributed by atoms with Crippen LogP contribution in [0.5, 0.6) is 0 Å². The molecular weight excluding hydrogens is 256 g/mol. The van der Waals surface area contributed by atoms with Crippen LogP contribution in [-0.4, -0.2) is 11.0 Å². The fraction of sp³-hybridized carbons (Fsp3) is 0.688. The van der Waals surface area contributed by atoms with E-state index in [-0.39, 0.29) is 0 Å². The highest BCUT2D eigenvalue weighted by molar-refractivity contribution is 6.33. The number of halogens is 1. The van der Waals surface area contributed by atoms with Gasteiger partial charge in [-0.25, -0.2) is 0 Å². The Morgan fingerprint density at radius 2 is 2.16 bits per heavy atom. The van der Waals surface area contributed by atoms with Gasteiger partial charge >= 0.3 is 0 Å². The molecule has 0 spiro atoms. The first-order chi connectivity index (χ1) is 8.94. The topological polar surface area (TPSA) is 24.9 Å². The molecule has 1 aromatic rings. The van der Waals surface area contributed by atoms with Crippen molar-refractivity contribution in [1.82, 2.24) is 4.98 Å². The largest absolute Gasteiger partial charge is 0.381 e. The van der Waals surface area contributed by atoms with Gasteiger partial charge in [-0.05, 0) is 43.6 Å². The second-order valence-corrected chi connectivity index (χ2v) is 6.83. The minimum Gasteiger partial charge on any atom is -0.381 e. The molecule has 3 heteroatoms. The van der Waals surface area contributed by atoms with Crippen molar-refractivity contribution in [1.29, 1.82) is 0 Å². The van der Waals surface area contributed by atoms with Crippen molar-refractivity contribution in [3.8, 4) is 0 Å². The van der Waals surface area contributed by atoms with Gasteiger partial charge in [0.25, 0.3) is 0 Å². The van der Waals surface area contributed by atoms with E-state index in [2.05, 4.69) is 31.1 Å². The quantitative estimate of drug-likeness (QED) is 0.834. The van der Waals surface area contributed by atoms with E-state index in [9.17, 15) is 0 Å². The Hall–Kier alpha value is -0.760. The summed E-state index contributed by atoms with van der Waals surface area (Å²) >= 11 is 6.30. The van der Waals surface area contributed by atoms with Gasteiger partial charge in [0.05, 0.1) is 16.4 Å². The SMILES string of the molecule is CCC(C)(C)C1CCC(Nc2ccnc(C)c2Cl)C1. The third kappa shape index (κ3) is 3.22. The van der Waals surface area contributed by atoms with Gasteiger partial charge in [-0.3, -0.25) is 4.98 Å². The summed E-state index contributed by atoms with van der Waals surface area (Å²) in [6, 6.07) is 2.53. The number of hydrogen-bond donors (Lipinski definition) is 1. The monoisotopic (exact) mass is 280 g/mol. The molecule has 1 heterocycles. The predicted molar refractivity (Wildman–Crippen MR) is 82.8 cm³/mol. The highest BCUT2D eigenvalue weighted by atomic mass is 35.5. The summed E-state index contributed by atoms with van der Waals surface area (Å²) in [4.78, 5) is 4.21. The van der Waals surface area contributed by atoms with Gasteiger partial charge in [0.15, 0.2) is 0 Å². The molecule has 2 unspecified atom stereocenters. The molecule has 0 bridgehead atoms. The van der Waals surface area contributed by atoms with Gasteiger partial charge in [-0.1, -0.05) is 38.8 Å². The summed E-state index contributed by atoms with van der Waals surface area (Å²) in [5.74, 6) is 0.816. The number of anilines is 1. The van der Waals surface area contributed by atoms with Crippen molar-refractivity contribution in [3.05, 3.63) is 23.0 Å². The Kier molecular flexibility index (Phi) is 4.39. The van der Waals surface area contributed by atoms with Crippen molar-refractivity contribution in [3.63, 3.8) is 0 Å². The predicted octanol–water partition coefficient (Wildman–Crippen LogP) is 5.06. The number of pyridine rings is 1. The van der Waals surface area contributed by atoms with E-state index >= 15 is 0 Å². The summed E-state index contributed by atoms with van der Waals surface area (Å²) in [7, 11) is 0. The van der Waals surface area contributed by atoms with Gasteiger partial charge in [-0.2, -0.15) is 0 Å². The summed E-state index contributed by atoms with van der Waals surface area (Å²) in [5.41, 5.74) is 2.39. The van der Waals surface area contributed by atoms with Crippen molar-refractivity contribution in [2.24, 2.45) is 11.3 Å². The van der Waals surface area contributed by atoms with Gasteiger partial charge in [-0.15, -0.1) is 0 Å². The molecule has 2 atom stereocenters. The van der Waals surface area contributed by atoms with E-state index in [0.717, 1.165) is 22.3 Å². The highest BCUT2D eigenvalue weighted by Crippen LogP contribution is 2.42. The van der Waals surface area contributed by atoms with Gasteiger partial charge in [0.2, 0.25) is 0 Å². The molecule has 1 aliphatic rings. The van der Waals surface area contributed by atoms with Crippen LogP contribution in [0.15, 0.2) is 12.3 Å². The Bertz CT molecular complexity index is 442. The molecule has 0 radical (unpaired) electrons. The molecule has 19 heavy (non-hydrogen) atoms. The molecule has 1 fully saturated rings. The Morgan fingerprint density at radius 3 is 2.84 bits per heavy atom. The second-order valence-electron chi connectivity index (χ2n) is 6.45. The molecule has 1 N–H and O–H groups in total. The van der Waals surface area contributed by atoms with Crippen LogP contribution >= 0.6 is 11.6 Å². The van der Waals surface area contributed by atoms with E-state index in [4.69, 9.17) is 11.6 Å². The van der Waals surface area contributed by atoms with Crippen LogP contribution in [0.25, 0.3) is 0 Å². The van der Waals surface area contributed by atoms with E-state index in [0.29, 0.717) is 11.5 Å². The van der Waals surface area contributed by atoms with Crippen LogP contribution < -0.4 is 5.32 Å². The maximum Gasteiger partial charge on any atom is 0.0849 e. The fourth-order valence-corrected chi connectivity index (χ4v) is 3.16. The molecule has 1 aromatic heterocycles. The first-order valence-electron chi connectivity index (χ1n) is 7.31. The van der Waals surface area contributed by atoms with Crippen LogP contribution in [0.3, 0.4) is 0 Å². The molecule has 0 amide bonds. The molecule has 0 saturated heterocycles. The molecule has 1 saturated carbocycles. The first-order valence-corrected chi connectivity index (χ1v) is 7.69. The average molecular weight is 281 g/mol. The maximum absolute atomic E-state index is 6.30. The third-order valence-electron chi connectivity index (χ3n) is 4.87. The third-order valence-corrected chi connectivity index (χ3v) is 5.35. The second kappa shape index (κ2) is 5.70. The number of nitrogens with zero attached hydrogens (tertiary/aromatic N) is 1. The lowest BCUT2D eigenvalue weighted by Crippen LogP contribution is -2.23. The average Bonchev–Trinajstić information content (AvgIpc) is 2.84. The molecule has 2 rings (SSSR count). The van der Waals surface area contributed by atoms with Crippen LogP contribution in [0.2, 0.25) is 5.02 Å². The molecule has 106 valence electrons. The number of aryl methyl sites for hydroxylation is 1. The Balaban J connectivity index is 2.01. The minimum atomic E-state index is 0.453. The lowest BCUT2D eigenvalue weighted by molar-refractivity contribution is 0.207. The lowest BCUT2D eigenvalue weighted by Gasteiger charge is -2.30. The number of nitrogens with one attached hydrogen (secondary N) is 1. The molecule has 2 nitrogen and oxygen atoms in total. The standard InChI is InChI=1S/C16H25ClN2/c1-5-16(3,4)12-6-7-13(10-12)19-14-8-9-18-11(2)15(14)17/h8-9,12-13H,5-7,10H2,1-4H3,(H,18,19). The Labute approximate surface area is 122 Å². The van der Waals surface area contributed by atoms with Gasteiger partial charge in [0.1, 0.15) is 0 Å². The van der Waals surface area contributed by atoms with E-state index < -0.39 is 0 Å². The lowest BCUT2D eigenvalue weighted by atomic mass is 9.76. The normalized spacial score (nSPS) is 23.6. The van der Waals surface area contributed by atoms with E-state index in [1.165, 1.54) is 25.7 Å². The summed E-state index contributed by atoms with van der Waals surface area (Å²) < 4.78 is 0. The van der Waals surface area contributed by atoms with Crippen LogP contribution in [0.1, 0.15) is 52.1 Å². The van der Waals surface area contributed by atoms with Crippen LogP contribution in [0.4, 0.5) is 5.69 Å². The molecule has 0 aromatic carbocycles. The summed E-state index contributed by atoms with van der Waals surface area (Å²) in [5, 5.41) is 4.37. The molecule has 1 aliphatic carbocycles. The smallest absolute Gasteiger partial charge is 0.0849 e. The van der Waals surface area contributed by atoms with Crippen LogP contribution in [-0.2, 0) is 0 Å². The van der Waals surface area contributed by atoms with Crippen LogP contribution in [0, 0.1) is 18.3 Å². The van der Waals surface area contributed by atoms with Gasteiger partial charge < -0.3 is 5.32 Å². The maximum atomic E-state index is 6.30. The first kappa shape index (κ1) is 14.6. The summed E-state index contributed by atoms with van der Waals surface area (Å²) in [6.45, 7) is 9.03. The van der Waals surface area contributed by atoms with Crippen molar-refractivity contribution < 1.29 is 0 Å². The van der Waals surface area contributed by atoms with E-state index in [1.807, 2.05) is 19.2 Å². The zero-order valence-corrected chi connectivity index (χ0v) is 13.2. The van der Waals surface area contributed by atoms with Crippen molar-refractivity contribution in [2.75, 3.05) is 5.32 Å². The highest BCUT2D eigenvalue weighted by Gasteiger charge is 2.34. The Morgan fingerprint density at radius 1 is 1.42 bits per heavy atom. The molecule has 0 aliphatic heterocycles. The van der Waals surface area contributed by atoms with Gasteiger partial charge in [0, 0.05) is 12.2 Å². The number of hydrogen-bond acceptors (Lipinski definition) is 2. The molecular formula is C16H25ClN2. The number of aromatic nitrogens is 1. The zero-order valence-electron chi connectivity index (χ0n) is 12.5. The van der Waals surface area contributed by atoms with E-state index in [1.54, 1.807) is 0 Å². The zero-order chi connectivity index (χ0) is 14.0. The number of rotatable bonds is 4. The van der Waals surface area contributed by atoms with Crippen molar-refractivity contribution >= 4 is 17.3 Å². The van der Waals surface area contributed by atoms with Crippen molar-refractivity contribution in [2.45, 2.75) is 59.4 Å². The summed E-state index contributed by atoms with van der Waals surface area (Å²) in [6.07, 6.45) is 6.88. The minimum absolute atomic E-state index is 0.453. The fourth-order valence-electron chi connectivity index (χ4n) is 2.99.